The number of aryl methyl sites for hydroxylation is 1. The second-order valence-corrected chi connectivity index (χ2v) is 7.07. The average molecular weight is 346 g/mol. The van der Waals surface area contributed by atoms with Gasteiger partial charge in [-0.2, -0.15) is 0 Å². The molecule has 4 heteroatoms. The van der Waals surface area contributed by atoms with Gasteiger partial charge in [0.1, 0.15) is 6.61 Å². The molecule has 1 aromatic carbocycles. The van der Waals surface area contributed by atoms with Gasteiger partial charge in [0.05, 0.1) is 6.04 Å². The van der Waals surface area contributed by atoms with Crippen LogP contribution in [0.15, 0.2) is 29.3 Å². The third kappa shape index (κ3) is 8.28. The van der Waals surface area contributed by atoms with Gasteiger partial charge >= 0.3 is 0 Å². The molecule has 140 valence electrons. The minimum atomic E-state index is 0.222. The fourth-order valence-corrected chi connectivity index (χ4v) is 3.20. The Labute approximate surface area is 153 Å². The topological polar surface area (TPSA) is 59.6 Å². The highest BCUT2D eigenvalue weighted by atomic mass is 16.5. The van der Waals surface area contributed by atoms with Crippen molar-refractivity contribution in [3.8, 4) is 0 Å². The van der Waals surface area contributed by atoms with Gasteiger partial charge in [0.2, 0.25) is 0 Å². The molecule has 0 aromatic heterocycles. The molecule has 2 rings (SSSR count). The van der Waals surface area contributed by atoms with Gasteiger partial charge in [-0.05, 0) is 37.0 Å². The first-order valence-electron chi connectivity index (χ1n) is 10.1. The molecule has 0 radical (unpaired) electrons. The second-order valence-electron chi connectivity index (χ2n) is 7.07. The van der Waals surface area contributed by atoms with E-state index in [2.05, 4.69) is 41.5 Å². The van der Waals surface area contributed by atoms with Crippen molar-refractivity contribution in [2.75, 3.05) is 18.5 Å². The van der Waals surface area contributed by atoms with E-state index in [1.165, 1.54) is 62.6 Å². The molecule has 1 aliphatic rings. The summed E-state index contributed by atoms with van der Waals surface area (Å²) < 4.78 is 5.19. The van der Waals surface area contributed by atoms with Crippen molar-refractivity contribution < 1.29 is 4.74 Å². The van der Waals surface area contributed by atoms with Crippen LogP contribution in [-0.2, 0) is 11.2 Å². The fourth-order valence-electron chi connectivity index (χ4n) is 3.20. The summed E-state index contributed by atoms with van der Waals surface area (Å²) in [5.74, 6) is 0. The van der Waals surface area contributed by atoms with Crippen LogP contribution in [0.5, 0.6) is 0 Å². The quantitative estimate of drug-likeness (QED) is 0.501. The number of anilines is 1. The largest absolute Gasteiger partial charge is 0.463 e. The van der Waals surface area contributed by atoms with Gasteiger partial charge in [-0.25, -0.2) is 4.99 Å². The Balaban J connectivity index is 1.51. The first kappa shape index (κ1) is 19.6. The van der Waals surface area contributed by atoms with Crippen molar-refractivity contribution in [2.45, 2.75) is 77.2 Å². The zero-order valence-electron chi connectivity index (χ0n) is 15.8. The van der Waals surface area contributed by atoms with Crippen molar-refractivity contribution in [3.63, 3.8) is 0 Å². The summed E-state index contributed by atoms with van der Waals surface area (Å²) >= 11 is 0. The van der Waals surface area contributed by atoms with E-state index in [4.69, 9.17) is 10.5 Å². The van der Waals surface area contributed by atoms with Gasteiger partial charge in [0, 0.05) is 12.2 Å². The van der Waals surface area contributed by atoms with E-state index < -0.39 is 0 Å². The molecule has 0 saturated heterocycles. The van der Waals surface area contributed by atoms with Crippen LogP contribution in [0.2, 0.25) is 0 Å². The molecule has 0 bridgehead atoms. The first-order valence-corrected chi connectivity index (χ1v) is 10.1. The number of rotatable bonds is 13. The number of ether oxygens (including phenoxy) is 1. The van der Waals surface area contributed by atoms with Crippen molar-refractivity contribution in [3.05, 3.63) is 29.8 Å². The van der Waals surface area contributed by atoms with Crippen LogP contribution < -0.4 is 11.1 Å². The third-order valence-corrected chi connectivity index (χ3v) is 4.81. The van der Waals surface area contributed by atoms with Crippen LogP contribution in [0, 0.1) is 0 Å². The van der Waals surface area contributed by atoms with Gasteiger partial charge in [-0.15, -0.1) is 0 Å². The molecular weight excluding hydrogens is 310 g/mol. The number of nitrogens with one attached hydrogen (secondary N) is 1. The van der Waals surface area contributed by atoms with Crippen LogP contribution in [-0.4, -0.2) is 25.2 Å². The number of nitrogens with two attached hydrogens (primary N) is 1. The molecule has 0 aliphatic carbocycles. The molecule has 1 heterocycles. The van der Waals surface area contributed by atoms with E-state index in [0.717, 1.165) is 19.4 Å². The smallest absolute Gasteiger partial charge is 0.282 e. The van der Waals surface area contributed by atoms with Gasteiger partial charge < -0.3 is 15.8 Å². The van der Waals surface area contributed by atoms with E-state index in [-0.39, 0.29) is 6.04 Å². The molecule has 0 fully saturated rings. The van der Waals surface area contributed by atoms with Gasteiger partial charge in [0.15, 0.2) is 0 Å². The maximum Gasteiger partial charge on any atom is 0.282 e. The Hall–Kier alpha value is -1.71. The number of benzene rings is 1. The fraction of sp³-hybridized carbons (Fsp3) is 0.667. The van der Waals surface area contributed by atoms with E-state index in [1.54, 1.807) is 0 Å². The summed E-state index contributed by atoms with van der Waals surface area (Å²) in [7, 11) is 0. The predicted octanol–water partition coefficient (Wildman–Crippen LogP) is 4.89. The summed E-state index contributed by atoms with van der Waals surface area (Å²) in [6.45, 7) is 3.97. The summed E-state index contributed by atoms with van der Waals surface area (Å²) in [6.07, 6.45) is 12.9. The van der Waals surface area contributed by atoms with E-state index >= 15 is 0 Å². The minimum Gasteiger partial charge on any atom is -0.463 e. The highest BCUT2D eigenvalue weighted by Crippen LogP contribution is 2.15. The van der Waals surface area contributed by atoms with Crippen molar-refractivity contribution in [1.82, 2.24) is 0 Å². The molecule has 0 spiro atoms. The number of nitrogens with zero attached hydrogens (tertiary/aromatic N) is 1. The lowest BCUT2D eigenvalue weighted by Crippen LogP contribution is -2.10. The zero-order valence-corrected chi connectivity index (χ0v) is 15.8. The maximum absolute atomic E-state index is 5.54. The number of hydrogen-bond donors (Lipinski definition) is 2. The molecule has 1 aliphatic heterocycles. The van der Waals surface area contributed by atoms with Crippen LogP contribution in [0.3, 0.4) is 0 Å². The lowest BCUT2D eigenvalue weighted by atomic mass is 10.1. The lowest BCUT2D eigenvalue weighted by molar-refractivity contribution is 0.308. The molecule has 0 unspecified atom stereocenters. The van der Waals surface area contributed by atoms with Crippen LogP contribution >= 0.6 is 0 Å². The standard InChI is InChI=1S/C21H35N3O/c1-2-3-4-5-6-7-8-9-16-23-19-13-10-18(11-14-19)12-15-20-17-25-21(22)24-20/h10-11,13-14,20,23H,2-9,12,15-17H2,1H3,(H2,22,24)/t20-/m0/s1. The average Bonchev–Trinajstić information content (AvgIpc) is 3.05. The third-order valence-electron chi connectivity index (χ3n) is 4.81. The van der Waals surface area contributed by atoms with E-state index in [9.17, 15) is 0 Å². The monoisotopic (exact) mass is 345 g/mol. The summed E-state index contributed by atoms with van der Waals surface area (Å²) in [4.78, 5) is 4.27. The highest BCUT2D eigenvalue weighted by Gasteiger charge is 2.15. The number of aliphatic imine (C=N–C) groups is 1. The Kier molecular flexibility index (Phi) is 9.24. The van der Waals surface area contributed by atoms with Crippen LogP contribution in [0.1, 0.15) is 70.3 Å². The molecule has 1 atom stereocenters. The van der Waals surface area contributed by atoms with Crippen LogP contribution in [0.25, 0.3) is 0 Å². The first-order chi connectivity index (χ1) is 12.3. The predicted molar refractivity (Wildman–Crippen MR) is 107 cm³/mol. The molecular formula is C21H35N3O. The maximum atomic E-state index is 5.54. The minimum absolute atomic E-state index is 0.222. The Morgan fingerprint density at radius 1 is 1.04 bits per heavy atom. The summed E-state index contributed by atoms with van der Waals surface area (Å²) in [5.41, 5.74) is 8.10. The van der Waals surface area contributed by atoms with E-state index in [1.807, 2.05) is 0 Å². The Morgan fingerprint density at radius 2 is 1.72 bits per heavy atom. The SMILES string of the molecule is CCCCCCCCCCNc1ccc(CC[C@H]2COC(N)=N2)cc1. The molecule has 25 heavy (non-hydrogen) atoms. The number of hydrogen-bond acceptors (Lipinski definition) is 4. The van der Waals surface area contributed by atoms with Crippen molar-refractivity contribution in [2.24, 2.45) is 10.7 Å². The van der Waals surface area contributed by atoms with E-state index in [0.29, 0.717) is 12.6 Å². The number of amidine groups is 1. The summed E-state index contributed by atoms with van der Waals surface area (Å²) in [5, 5.41) is 3.53. The molecule has 0 saturated carbocycles. The zero-order chi connectivity index (χ0) is 17.7. The normalized spacial score (nSPS) is 16.5. The molecule has 1 aromatic rings. The Morgan fingerprint density at radius 3 is 2.36 bits per heavy atom. The second kappa shape index (κ2) is 11.8. The van der Waals surface area contributed by atoms with Gasteiger partial charge in [-0.3, -0.25) is 0 Å². The Bertz CT molecular complexity index is 498. The lowest BCUT2D eigenvalue weighted by Gasteiger charge is -2.09. The molecule has 0 amide bonds. The number of unbranched alkanes of at least 4 members (excludes halogenated alkanes) is 7. The van der Waals surface area contributed by atoms with Crippen molar-refractivity contribution in [1.29, 1.82) is 0 Å². The molecule has 4 nitrogen and oxygen atoms in total. The van der Waals surface area contributed by atoms with Gasteiger partial charge in [-0.1, -0.05) is 64.0 Å². The highest BCUT2D eigenvalue weighted by molar-refractivity contribution is 5.73. The molecule has 3 N–H and O–H groups in total. The summed E-state index contributed by atoms with van der Waals surface area (Å²) in [6, 6.07) is 9.34. The van der Waals surface area contributed by atoms with Gasteiger partial charge in [0.25, 0.3) is 6.02 Å². The van der Waals surface area contributed by atoms with Crippen LogP contribution in [0.4, 0.5) is 5.69 Å². The van der Waals surface area contributed by atoms with Crippen molar-refractivity contribution >= 4 is 11.7 Å².